The van der Waals surface area contributed by atoms with E-state index >= 15 is 0 Å². The Morgan fingerprint density at radius 2 is 1.86 bits per heavy atom. The van der Waals surface area contributed by atoms with Gasteiger partial charge in [0.2, 0.25) is 0 Å². The number of cyclic esters (lactones) is 1. The molecule has 2 atom stereocenters. The molecule has 184 valence electrons. The van der Waals surface area contributed by atoms with Crippen LogP contribution in [0.5, 0.6) is 5.75 Å². The van der Waals surface area contributed by atoms with Crippen LogP contribution in [0.3, 0.4) is 0 Å². The summed E-state index contributed by atoms with van der Waals surface area (Å²) < 4.78 is 4.81. The summed E-state index contributed by atoms with van der Waals surface area (Å²) in [5.41, 5.74) is 0.775. The molecule has 0 aliphatic carbocycles. The van der Waals surface area contributed by atoms with Crippen molar-refractivity contribution in [2.24, 2.45) is 0 Å². The summed E-state index contributed by atoms with van der Waals surface area (Å²) in [6.45, 7) is -0.291. The zero-order chi connectivity index (χ0) is 25.5. The Hall–Kier alpha value is -4.12. The van der Waals surface area contributed by atoms with Gasteiger partial charge in [-0.3, -0.25) is 19.2 Å². The summed E-state index contributed by atoms with van der Waals surface area (Å²) in [7, 11) is 0. The van der Waals surface area contributed by atoms with E-state index in [4.69, 9.17) is 16.3 Å². The number of esters is 1. The number of halogens is 1. The van der Waals surface area contributed by atoms with Gasteiger partial charge in [-0.05, 0) is 35.9 Å². The van der Waals surface area contributed by atoms with Crippen molar-refractivity contribution in [1.29, 1.82) is 0 Å². The molecule has 5 N–H and O–H groups in total. The summed E-state index contributed by atoms with van der Waals surface area (Å²) >= 11 is 6.16. The Bertz CT molecular complexity index is 1170. The number of carbonyl (C=O) groups is 5. The highest BCUT2D eigenvalue weighted by atomic mass is 35.5. The summed E-state index contributed by atoms with van der Waals surface area (Å²) in [6, 6.07) is 8.78. The summed E-state index contributed by atoms with van der Waals surface area (Å²) in [5.74, 6) is -3.80. The van der Waals surface area contributed by atoms with Crippen molar-refractivity contribution in [2.45, 2.75) is 31.5 Å². The maximum atomic E-state index is 12.6. The van der Waals surface area contributed by atoms with E-state index in [1.165, 1.54) is 30.3 Å². The molecule has 11 nitrogen and oxygen atoms in total. The highest BCUT2D eigenvalue weighted by Gasteiger charge is 2.31. The minimum Gasteiger partial charge on any atom is -0.508 e. The fourth-order valence-corrected chi connectivity index (χ4v) is 3.52. The zero-order valence-corrected chi connectivity index (χ0v) is 19.0. The molecule has 35 heavy (non-hydrogen) atoms. The molecular weight excluding hydrogens is 482 g/mol. The van der Waals surface area contributed by atoms with E-state index in [0.29, 0.717) is 5.56 Å². The van der Waals surface area contributed by atoms with Crippen LogP contribution in [-0.2, 0) is 25.7 Å². The normalized spacial score (nSPS) is 15.6. The van der Waals surface area contributed by atoms with Gasteiger partial charge in [-0.2, -0.15) is 0 Å². The summed E-state index contributed by atoms with van der Waals surface area (Å²) in [6.07, 6.45) is -0.703. The highest BCUT2D eigenvalue weighted by Crippen LogP contribution is 2.19. The van der Waals surface area contributed by atoms with Gasteiger partial charge in [-0.15, -0.1) is 0 Å². The first-order chi connectivity index (χ1) is 16.6. The molecule has 2 aromatic rings. The van der Waals surface area contributed by atoms with E-state index in [-0.39, 0.29) is 41.3 Å². The lowest BCUT2D eigenvalue weighted by Gasteiger charge is -2.17. The number of ether oxygens (including phenoxy) is 1. The van der Waals surface area contributed by atoms with Gasteiger partial charge in [-0.1, -0.05) is 23.7 Å². The van der Waals surface area contributed by atoms with Gasteiger partial charge in [0.1, 0.15) is 11.8 Å². The molecule has 0 spiro atoms. The topological polar surface area (TPSA) is 171 Å². The second-order valence-corrected chi connectivity index (χ2v) is 8.08. The van der Waals surface area contributed by atoms with E-state index in [2.05, 4.69) is 16.0 Å². The van der Waals surface area contributed by atoms with Crippen molar-refractivity contribution in [3.05, 3.63) is 64.2 Å². The van der Waals surface area contributed by atoms with Gasteiger partial charge < -0.3 is 30.9 Å². The van der Waals surface area contributed by atoms with E-state index in [1.807, 2.05) is 0 Å². The first kappa shape index (κ1) is 25.5. The molecular formula is C23H22ClN3O8. The molecule has 0 aromatic heterocycles. The molecule has 0 radical (unpaired) electrons. The van der Waals surface area contributed by atoms with E-state index in [1.54, 1.807) is 12.1 Å². The van der Waals surface area contributed by atoms with E-state index < -0.39 is 48.4 Å². The van der Waals surface area contributed by atoms with Crippen LogP contribution in [0, 0.1) is 0 Å². The average Bonchev–Trinajstić information content (AvgIpc) is 3.26. The third-order valence-electron chi connectivity index (χ3n) is 5.10. The van der Waals surface area contributed by atoms with Crippen LogP contribution in [0.15, 0.2) is 42.5 Å². The molecule has 0 saturated carbocycles. The van der Waals surface area contributed by atoms with Crippen molar-refractivity contribution in [2.75, 3.05) is 6.54 Å². The number of phenols is 1. The summed E-state index contributed by atoms with van der Waals surface area (Å²) in [5, 5.41) is 26.1. The lowest BCUT2D eigenvalue weighted by atomic mass is 10.1. The first-order valence-corrected chi connectivity index (χ1v) is 10.9. The minimum absolute atomic E-state index is 0.0661. The van der Waals surface area contributed by atoms with Gasteiger partial charge in [0, 0.05) is 31.5 Å². The Morgan fingerprint density at radius 1 is 1.09 bits per heavy atom. The van der Waals surface area contributed by atoms with Gasteiger partial charge in [0.25, 0.3) is 17.7 Å². The van der Waals surface area contributed by atoms with Crippen LogP contribution in [0.1, 0.15) is 39.1 Å². The third-order valence-corrected chi connectivity index (χ3v) is 5.41. The van der Waals surface area contributed by atoms with Gasteiger partial charge in [-0.25, -0.2) is 4.79 Å². The number of phenolic OH excluding ortho intramolecular Hbond substituents is 1. The van der Waals surface area contributed by atoms with Gasteiger partial charge in [0.15, 0.2) is 6.10 Å². The van der Waals surface area contributed by atoms with Crippen molar-refractivity contribution in [3.63, 3.8) is 0 Å². The maximum Gasteiger partial charge on any atom is 0.328 e. The van der Waals surface area contributed by atoms with Gasteiger partial charge >= 0.3 is 11.9 Å². The Kier molecular flexibility index (Phi) is 8.26. The van der Waals surface area contributed by atoms with Crippen molar-refractivity contribution in [3.8, 4) is 5.75 Å². The maximum absolute atomic E-state index is 12.6. The Balaban J connectivity index is 1.58. The number of nitrogens with one attached hydrogen (secondary N) is 3. The van der Waals surface area contributed by atoms with Crippen LogP contribution in [-0.4, -0.2) is 58.6 Å². The fraction of sp³-hybridized carbons (Fsp3) is 0.261. The molecule has 3 rings (SSSR count). The Labute approximate surface area is 204 Å². The number of aliphatic carboxylic acids is 1. The second kappa shape index (κ2) is 11.3. The number of amides is 3. The lowest BCUT2D eigenvalue weighted by Crippen LogP contribution is -2.50. The van der Waals surface area contributed by atoms with Crippen molar-refractivity contribution in [1.82, 2.24) is 16.0 Å². The quantitative estimate of drug-likeness (QED) is 0.315. The van der Waals surface area contributed by atoms with E-state index in [0.717, 1.165) is 0 Å². The molecule has 3 amide bonds. The molecule has 1 saturated heterocycles. The molecule has 1 aliphatic rings. The average molecular weight is 504 g/mol. The lowest BCUT2D eigenvalue weighted by molar-refractivity contribution is -0.148. The highest BCUT2D eigenvalue weighted by molar-refractivity contribution is 6.34. The molecule has 2 aromatic carbocycles. The smallest absolute Gasteiger partial charge is 0.328 e. The summed E-state index contributed by atoms with van der Waals surface area (Å²) in [4.78, 5) is 59.7. The molecule has 1 aliphatic heterocycles. The van der Waals surface area contributed by atoms with Crippen LogP contribution in [0.25, 0.3) is 0 Å². The number of carbonyl (C=O) groups excluding carboxylic acids is 4. The SMILES string of the molecule is O=C1CC[C@@H](C(=O)NC[C@H](NC(=O)c2ccc(C(=O)NCc3cccc(O)c3)cc2Cl)C(=O)O)O1. The van der Waals surface area contributed by atoms with E-state index in [9.17, 15) is 34.2 Å². The largest absolute Gasteiger partial charge is 0.508 e. The van der Waals surface area contributed by atoms with Gasteiger partial charge in [0.05, 0.1) is 10.6 Å². The standard InChI is InChI=1S/C23H22ClN3O8/c24-16-9-13(20(30)25-10-12-2-1-3-14(28)8-12)4-5-15(16)21(31)27-17(23(33)34)11-26-22(32)18-6-7-19(29)35-18/h1-5,8-9,17-18,28H,6-7,10-11H2,(H,25,30)(H,26,32)(H,27,31)(H,33,34)/t17-,18-/m0/s1. The monoisotopic (exact) mass is 503 g/mol. The molecule has 1 fully saturated rings. The second-order valence-electron chi connectivity index (χ2n) is 7.67. The Morgan fingerprint density at radius 3 is 2.49 bits per heavy atom. The predicted molar refractivity (Wildman–Crippen MR) is 122 cm³/mol. The van der Waals surface area contributed by atoms with Crippen LogP contribution in [0.4, 0.5) is 0 Å². The first-order valence-electron chi connectivity index (χ1n) is 10.5. The predicted octanol–water partition coefficient (Wildman–Crippen LogP) is 0.980. The number of hydrogen-bond donors (Lipinski definition) is 5. The molecule has 0 bridgehead atoms. The molecule has 0 unspecified atom stereocenters. The number of carboxylic acid groups (broad SMARTS) is 1. The number of hydrogen-bond acceptors (Lipinski definition) is 7. The number of carboxylic acids is 1. The fourth-order valence-electron chi connectivity index (χ4n) is 3.25. The minimum atomic E-state index is -1.48. The van der Waals surface area contributed by atoms with Crippen LogP contribution < -0.4 is 16.0 Å². The zero-order valence-electron chi connectivity index (χ0n) is 18.2. The van der Waals surface area contributed by atoms with Crippen molar-refractivity contribution < 1.29 is 38.9 Å². The van der Waals surface area contributed by atoms with Crippen LogP contribution >= 0.6 is 11.6 Å². The van der Waals surface area contributed by atoms with Crippen molar-refractivity contribution >= 4 is 41.3 Å². The number of rotatable bonds is 9. The van der Waals surface area contributed by atoms with Crippen LogP contribution in [0.2, 0.25) is 5.02 Å². The number of benzene rings is 2. The number of aromatic hydroxyl groups is 1. The molecule has 1 heterocycles. The third kappa shape index (κ3) is 6.93. The molecule has 12 heteroatoms.